The van der Waals surface area contributed by atoms with Crippen LogP contribution in [0.4, 0.5) is 0 Å². The Morgan fingerprint density at radius 2 is 1.93 bits per heavy atom. The fraction of sp³-hybridized carbons (Fsp3) is 0.700. The summed E-state index contributed by atoms with van der Waals surface area (Å²) >= 11 is 0. The number of ketones is 1. The van der Waals surface area contributed by atoms with Crippen LogP contribution in [-0.4, -0.2) is 24.0 Å². The van der Waals surface area contributed by atoms with Crippen LogP contribution < -0.4 is 0 Å². The van der Waals surface area contributed by atoms with Crippen LogP contribution >= 0.6 is 0 Å². The molecule has 0 aliphatic carbocycles. The van der Waals surface area contributed by atoms with Crippen molar-refractivity contribution >= 4 is 17.7 Å². The van der Waals surface area contributed by atoms with Crippen molar-refractivity contribution in [1.82, 2.24) is 0 Å². The zero-order valence-corrected chi connectivity index (χ0v) is 9.20. The van der Waals surface area contributed by atoms with Crippen molar-refractivity contribution in [2.45, 2.75) is 34.0 Å². The smallest absolute Gasteiger partial charge is 0.322 e. The molecule has 0 saturated carbocycles. The van der Waals surface area contributed by atoms with E-state index in [2.05, 4.69) is 0 Å². The van der Waals surface area contributed by atoms with Gasteiger partial charge in [-0.2, -0.15) is 0 Å². The van der Waals surface area contributed by atoms with Crippen molar-refractivity contribution in [2.75, 3.05) is 0 Å². The van der Waals surface area contributed by atoms with Crippen molar-refractivity contribution in [2.24, 2.45) is 11.3 Å². The first-order valence-electron chi connectivity index (χ1n) is 4.69. The Hall–Kier alpha value is -1.39. The minimum Gasteiger partial charge on any atom is -0.425 e. The van der Waals surface area contributed by atoms with Crippen LogP contribution in [-0.2, 0) is 23.9 Å². The molecule has 0 bridgehead atoms. The summed E-state index contributed by atoms with van der Waals surface area (Å²) in [7, 11) is 0. The van der Waals surface area contributed by atoms with Crippen LogP contribution in [0.2, 0.25) is 0 Å². The maximum atomic E-state index is 11.5. The molecule has 0 aromatic rings. The third-order valence-electron chi connectivity index (χ3n) is 2.98. The maximum Gasteiger partial charge on any atom is 0.322 e. The van der Waals surface area contributed by atoms with Crippen molar-refractivity contribution in [3.8, 4) is 0 Å². The average molecular weight is 214 g/mol. The van der Waals surface area contributed by atoms with Gasteiger partial charge in [-0.1, -0.05) is 6.92 Å². The number of carbonyl (C=O) groups is 3. The van der Waals surface area contributed by atoms with Gasteiger partial charge in [-0.3, -0.25) is 14.4 Å². The highest BCUT2D eigenvalue weighted by Gasteiger charge is 2.56. The number of rotatable bonds is 2. The predicted molar refractivity (Wildman–Crippen MR) is 49.6 cm³/mol. The summed E-state index contributed by atoms with van der Waals surface area (Å²) in [4.78, 5) is 33.6. The van der Waals surface area contributed by atoms with Crippen LogP contribution in [0.3, 0.4) is 0 Å². The molecule has 5 heteroatoms. The molecule has 1 aliphatic heterocycles. The molecular weight excluding hydrogens is 200 g/mol. The molecular formula is C10H14O5. The number of carbonyl (C=O) groups excluding carboxylic acids is 3. The lowest BCUT2D eigenvalue weighted by molar-refractivity contribution is -0.179. The number of esters is 2. The van der Waals surface area contributed by atoms with E-state index < -0.39 is 29.6 Å². The van der Waals surface area contributed by atoms with Gasteiger partial charge >= 0.3 is 11.9 Å². The Balaban J connectivity index is 2.92. The van der Waals surface area contributed by atoms with Crippen LogP contribution in [0.25, 0.3) is 0 Å². The number of cyclic esters (lactones) is 1. The molecule has 0 N–H and O–H groups in total. The third-order valence-corrected chi connectivity index (χ3v) is 2.98. The molecule has 0 amide bonds. The lowest BCUT2D eigenvalue weighted by atomic mass is 9.77. The lowest BCUT2D eigenvalue weighted by Crippen LogP contribution is -2.37. The van der Waals surface area contributed by atoms with Gasteiger partial charge in [0.05, 0.1) is 5.92 Å². The van der Waals surface area contributed by atoms with Crippen molar-refractivity contribution in [3.63, 3.8) is 0 Å². The molecule has 1 unspecified atom stereocenters. The Morgan fingerprint density at radius 1 is 1.40 bits per heavy atom. The second-order valence-electron chi connectivity index (χ2n) is 3.93. The second kappa shape index (κ2) is 3.64. The van der Waals surface area contributed by atoms with E-state index in [4.69, 9.17) is 9.47 Å². The third kappa shape index (κ3) is 1.73. The molecule has 5 nitrogen and oxygen atoms in total. The average Bonchev–Trinajstić information content (AvgIpc) is 2.31. The van der Waals surface area contributed by atoms with Gasteiger partial charge in [0, 0.05) is 6.92 Å². The number of ether oxygens (including phenoxy) is 2. The molecule has 1 aliphatic rings. The second-order valence-corrected chi connectivity index (χ2v) is 3.93. The SMILES string of the molecule is CC(=O)OC1OC(=O)[C@@](C)(C(C)=O)[C@@H]1C. The summed E-state index contributed by atoms with van der Waals surface area (Å²) in [5.74, 6) is -1.91. The van der Waals surface area contributed by atoms with Gasteiger partial charge in [0.15, 0.2) is 0 Å². The van der Waals surface area contributed by atoms with Gasteiger partial charge in [0.25, 0.3) is 6.29 Å². The number of hydrogen-bond acceptors (Lipinski definition) is 5. The minimum atomic E-state index is -1.21. The summed E-state index contributed by atoms with van der Waals surface area (Å²) in [5, 5.41) is 0. The van der Waals surface area contributed by atoms with Gasteiger partial charge in [-0.25, -0.2) is 0 Å². The van der Waals surface area contributed by atoms with Gasteiger partial charge in [0.1, 0.15) is 11.2 Å². The molecule has 0 radical (unpaired) electrons. The van der Waals surface area contributed by atoms with E-state index in [1.165, 1.54) is 20.8 Å². The van der Waals surface area contributed by atoms with Crippen LogP contribution in [0.1, 0.15) is 27.7 Å². The molecule has 1 rings (SSSR count). The van der Waals surface area contributed by atoms with E-state index in [9.17, 15) is 14.4 Å². The van der Waals surface area contributed by atoms with Gasteiger partial charge in [0.2, 0.25) is 0 Å². The highest BCUT2D eigenvalue weighted by atomic mass is 16.7. The lowest BCUT2D eigenvalue weighted by Gasteiger charge is -2.21. The molecule has 0 spiro atoms. The van der Waals surface area contributed by atoms with E-state index >= 15 is 0 Å². The zero-order chi connectivity index (χ0) is 11.8. The summed E-state index contributed by atoms with van der Waals surface area (Å²) in [6.07, 6.45) is -0.955. The van der Waals surface area contributed by atoms with Crippen LogP contribution in [0.15, 0.2) is 0 Å². The highest BCUT2D eigenvalue weighted by molar-refractivity contribution is 6.03. The summed E-state index contributed by atoms with van der Waals surface area (Å²) < 4.78 is 9.66. The summed E-state index contributed by atoms with van der Waals surface area (Å²) in [6, 6.07) is 0. The first-order valence-corrected chi connectivity index (χ1v) is 4.69. The zero-order valence-electron chi connectivity index (χ0n) is 9.20. The fourth-order valence-electron chi connectivity index (χ4n) is 1.54. The highest BCUT2D eigenvalue weighted by Crippen LogP contribution is 2.40. The Morgan fingerprint density at radius 3 is 2.27 bits per heavy atom. The van der Waals surface area contributed by atoms with Crippen molar-refractivity contribution in [1.29, 1.82) is 0 Å². The van der Waals surface area contributed by atoms with Gasteiger partial charge in [-0.05, 0) is 13.8 Å². The monoisotopic (exact) mass is 214 g/mol. The quantitative estimate of drug-likeness (QED) is 0.499. The molecule has 15 heavy (non-hydrogen) atoms. The predicted octanol–water partition coefficient (Wildman–Crippen LogP) is 0.664. The molecule has 1 heterocycles. The van der Waals surface area contributed by atoms with Crippen molar-refractivity contribution < 1.29 is 23.9 Å². The molecule has 0 aromatic carbocycles. The standard InChI is InChI=1S/C10H14O5/c1-5-8(14-7(3)12)15-9(13)10(5,4)6(2)11/h5,8H,1-4H3/t5-,8?,10-/m1/s1. The Bertz CT molecular complexity index is 322. The normalized spacial score (nSPS) is 34.8. The van der Waals surface area contributed by atoms with E-state index in [0.29, 0.717) is 0 Å². The maximum absolute atomic E-state index is 11.5. The van der Waals surface area contributed by atoms with Crippen molar-refractivity contribution in [3.05, 3.63) is 0 Å². The van der Waals surface area contributed by atoms with Gasteiger partial charge in [-0.15, -0.1) is 0 Å². The van der Waals surface area contributed by atoms with E-state index in [1.54, 1.807) is 6.92 Å². The molecule has 1 saturated heterocycles. The largest absolute Gasteiger partial charge is 0.425 e. The van der Waals surface area contributed by atoms with Crippen LogP contribution in [0.5, 0.6) is 0 Å². The Kier molecular flexibility index (Phi) is 2.83. The van der Waals surface area contributed by atoms with Crippen LogP contribution in [0, 0.1) is 11.3 Å². The summed E-state index contributed by atoms with van der Waals surface area (Å²) in [6.45, 7) is 5.71. The number of hydrogen-bond donors (Lipinski definition) is 0. The first-order chi connectivity index (χ1) is 6.80. The van der Waals surface area contributed by atoms with E-state index in [-0.39, 0.29) is 5.78 Å². The molecule has 3 atom stereocenters. The molecule has 0 aromatic heterocycles. The topological polar surface area (TPSA) is 69.7 Å². The molecule has 1 fully saturated rings. The van der Waals surface area contributed by atoms with E-state index in [1.807, 2.05) is 0 Å². The molecule has 84 valence electrons. The number of Topliss-reactive ketones (excluding diaryl/α,β-unsaturated/α-hetero) is 1. The van der Waals surface area contributed by atoms with E-state index in [0.717, 1.165) is 0 Å². The first kappa shape index (κ1) is 11.7. The minimum absolute atomic E-state index is 0.283. The van der Waals surface area contributed by atoms with Gasteiger partial charge < -0.3 is 9.47 Å². The fourth-order valence-corrected chi connectivity index (χ4v) is 1.54. The summed E-state index contributed by atoms with van der Waals surface area (Å²) in [5.41, 5.74) is -1.21. The Labute approximate surface area is 87.7 Å².